The van der Waals surface area contributed by atoms with Gasteiger partial charge in [0, 0.05) is 10.6 Å². The van der Waals surface area contributed by atoms with Gasteiger partial charge < -0.3 is 9.47 Å². The Kier molecular flexibility index (Phi) is 3.96. The maximum Gasteiger partial charge on any atom is 0.337 e. The number of carbonyl (C=O) groups excluding carboxylic acids is 1. The van der Waals surface area contributed by atoms with E-state index in [4.69, 9.17) is 21.1 Å². The number of hydrogen-bond acceptors (Lipinski definition) is 5. The predicted octanol–water partition coefficient (Wildman–Crippen LogP) is 4.47. The molecule has 3 aromatic rings. The molecule has 1 aliphatic rings. The summed E-state index contributed by atoms with van der Waals surface area (Å²) in [5.74, 6) is 0.307. The van der Waals surface area contributed by atoms with E-state index in [1.54, 1.807) is 24.3 Å². The van der Waals surface area contributed by atoms with Crippen LogP contribution in [0.5, 0.6) is 5.75 Å². The number of fused-ring (bicyclic) bond motifs is 2. The standard InChI is InChI=1S/C18H12ClNO3S/c19-13-5-6-15-11(8-13)7-12(9-22-15)18(21)23-10-17-20-14-3-1-2-4-16(14)24-17/h1-8H,9-10H2. The zero-order chi connectivity index (χ0) is 16.5. The maximum absolute atomic E-state index is 12.3. The average molecular weight is 358 g/mol. The number of para-hydroxylation sites is 1. The minimum atomic E-state index is -0.403. The second-order valence-electron chi connectivity index (χ2n) is 5.29. The van der Waals surface area contributed by atoms with Gasteiger partial charge in [0.05, 0.1) is 15.8 Å². The molecule has 120 valence electrons. The van der Waals surface area contributed by atoms with Gasteiger partial charge in [0.15, 0.2) is 0 Å². The van der Waals surface area contributed by atoms with E-state index in [1.807, 2.05) is 24.3 Å². The van der Waals surface area contributed by atoms with Crippen LogP contribution in [-0.2, 0) is 16.1 Å². The number of aromatic nitrogens is 1. The molecule has 0 bridgehead atoms. The van der Waals surface area contributed by atoms with Crippen LogP contribution in [0.3, 0.4) is 0 Å². The van der Waals surface area contributed by atoms with Gasteiger partial charge in [-0.2, -0.15) is 0 Å². The SMILES string of the molecule is O=C(OCc1nc2ccccc2s1)C1=Cc2cc(Cl)ccc2OC1. The summed E-state index contributed by atoms with van der Waals surface area (Å²) in [7, 11) is 0. The van der Waals surface area contributed by atoms with Gasteiger partial charge in [-0.25, -0.2) is 9.78 Å². The molecule has 2 heterocycles. The van der Waals surface area contributed by atoms with E-state index in [9.17, 15) is 4.79 Å². The van der Waals surface area contributed by atoms with Crippen LogP contribution in [0.1, 0.15) is 10.6 Å². The molecule has 24 heavy (non-hydrogen) atoms. The molecule has 4 rings (SSSR count). The van der Waals surface area contributed by atoms with E-state index < -0.39 is 5.97 Å². The highest BCUT2D eigenvalue weighted by Crippen LogP contribution is 2.29. The Hall–Kier alpha value is -2.37. The van der Waals surface area contributed by atoms with Crippen molar-refractivity contribution in [2.45, 2.75) is 6.61 Å². The molecular formula is C18H12ClNO3S. The lowest BCUT2D eigenvalue weighted by molar-refractivity contribution is -0.140. The molecule has 0 amide bonds. The molecule has 2 aromatic carbocycles. The number of halogens is 1. The number of nitrogens with zero attached hydrogens (tertiary/aromatic N) is 1. The second kappa shape index (κ2) is 6.26. The Morgan fingerprint density at radius 2 is 2.17 bits per heavy atom. The largest absolute Gasteiger partial charge is 0.488 e. The highest BCUT2D eigenvalue weighted by Gasteiger charge is 2.19. The summed E-state index contributed by atoms with van der Waals surface area (Å²) in [6.45, 7) is 0.339. The van der Waals surface area contributed by atoms with Gasteiger partial charge in [-0.1, -0.05) is 23.7 Å². The van der Waals surface area contributed by atoms with Crippen molar-refractivity contribution in [3.05, 3.63) is 63.6 Å². The molecule has 0 unspecified atom stereocenters. The Labute approximate surface area is 147 Å². The van der Waals surface area contributed by atoms with Crippen LogP contribution >= 0.6 is 22.9 Å². The molecule has 0 fully saturated rings. The quantitative estimate of drug-likeness (QED) is 0.649. The summed E-state index contributed by atoms with van der Waals surface area (Å²) in [5.41, 5.74) is 2.16. The number of rotatable bonds is 3. The molecule has 4 nitrogen and oxygen atoms in total. The summed E-state index contributed by atoms with van der Waals surface area (Å²) in [6.07, 6.45) is 1.76. The highest BCUT2D eigenvalue weighted by molar-refractivity contribution is 7.18. The first-order chi connectivity index (χ1) is 11.7. The zero-order valence-electron chi connectivity index (χ0n) is 12.5. The van der Waals surface area contributed by atoms with Crippen LogP contribution in [0.4, 0.5) is 0 Å². The molecule has 0 saturated heterocycles. The van der Waals surface area contributed by atoms with Gasteiger partial charge in [-0.15, -0.1) is 11.3 Å². The number of benzene rings is 2. The Morgan fingerprint density at radius 3 is 3.04 bits per heavy atom. The summed E-state index contributed by atoms with van der Waals surface area (Å²) < 4.78 is 12.0. The van der Waals surface area contributed by atoms with Crippen LogP contribution in [0.25, 0.3) is 16.3 Å². The smallest absolute Gasteiger partial charge is 0.337 e. The second-order valence-corrected chi connectivity index (χ2v) is 6.84. The fourth-order valence-corrected chi connectivity index (χ4v) is 3.53. The van der Waals surface area contributed by atoms with Crippen molar-refractivity contribution < 1.29 is 14.3 Å². The van der Waals surface area contributed by atoms with Gasteiger partial charge in [0.2, 0.25) is 0 Å². The topological polar surface area (TPSA) is 48.4 Å². The summed E-state index contributed by atoms with van der Waals surface area (Å²) in [5, 5.41) is 1.36. The van der Waals surface area contributed by atoms with Crippen LogP contribution in [0, 0.1) is 0 Å². The van der Waals surface area contributed by atoms with E-state index in [0.717, 1.165) is 20.8 Å². The lowest BCUT2D eigenvalue weighted by Crippen LogP contribution is -2.17. The number of hydrogen-bond donors (Lipinski definition) is 0. The molecule has 0 aliphatic carbocycles. The van der Waals surface area contributed by atoms with Crippen molar-refractivity contribution in [1.29, 1.82) is 0 Å². The first-order valence-corrected chi connectivity index (χ1v) is 8.53. The molecular weight excluding hydrogens is 346 g/mol. The fourth-order valence-electron chi connectivity index (χ4n) is 2.47. The van der Waals surface area contributed by atoms with Crippen molar-refractivity contribution in [3.63, 3.8) is 0 Å². The minimum absolute atomic E-state index is 0.151. The van der Waals surface area contributed by atoms with Crippen molar-refractivity contribution >= 4 is 45.2 Å². The van der Waals surface area contributed by atoms with Gasteiger partial charge in [0.1, 0.15) is 24.0 Å². The monoisotopic (exact) mass is 357 g/mol. The first-order valence-electron chi connectivity index (χ1n) is 7.33. The predicted molar refractivity (Wildman–Crippen MR) is 94.3 cm³/mol. The number of esters is 1. The Morgan fingerprint density at radius 1 is 1.29 bits per heavy atom. The van der Waals surface area contributed by atoms with Gasteiger partial charge in [-0.05, 0) is 36.4 Å². The van der Waals surface area contributed by atoms with Gasteiger partial charge >= 0.3 is 5.97 Å². The molecule has 0 atom stereocenters. The normalized spacial score (nSPS) is 13.1. The average Bonchev–Trinajstić information content (AvgIpc) is 3.02. The van der Waals surface area contributed by atoms with Crippen molar-refractivity contribution in [2.24, 2.45) is 0 Å². The van der Waals surface area contributed by atoms with Crippen LogP contribution < -0.4 is 4.74 Å². The molecule has 0 N–H and O–H groups in total. The lowest BCUT2D eigenvalue weighted by atomic mass is 10.1. The van der Waals surface area contributed by atoms with Gasteiger partial charge in [0.25, 0.3) is 0 Å². The van der Waals surface area contributed by atoms with E-state index in [-0.39, 0.29) is 13.2 Å². The maximum atomic E-state index is 12.3. The zero-order valence-corrected chi connectivity index (χ0v) is 14.1. The third kappa shape index (κ3) is 3.00. The molecule has 6 heteroatoms. The Bertz CT molecular complexity index is 931. The van der Waals surface area contributed by atoms with Crippen molar-refractivity contribution in [3.8, 4) is 5.75 Å². The number of ether oxygens (including phenoxy) is 2. The molecule has 0 spiro atoms. The summed E-state index contributed by atoms with van der Waals surface area (Å²) in [4.78, 5) is 16.7. The lowest BCUT2D eigenvalue weighted by Gasteiger charge is -2.17. The van der Waals surface area contributed by atoms with E-state index in [1.165, 1.54) is 11.3 Å². The first kappa shape index (κ1) is 15.2. The summed E-state index contributed by atoms with van der Waals surface area (Å²) in [6, 6.07) is 13.1. The summed E-state index contributed by atoms with van der Waals surface area (Å²) >= 11 is 7.50. The molecule has 1 aliphatic heterocycles. The van der Waals surface area contributed by atoms with E-state index in [2.05, 4.69) is 4.98 Å². The molecule has 0 saturated carbocycles. The van der Waals surface area contributed by atoms with Crippen LogP contribution in [-0.4, -0.2) is 17.6 Å². The third-order valence-corrected chi connectivity index (χ3v) is 4.86. The van der Waals surface area contributed by atoms with Crippen LogP contribution in [0.2, 0.25) is 5.02 Å². The van der Waals surface area contributed by atoms with E-state index >= 15 is 0 Å². The van der Waals surface area contributed by atoms with E-state index in [0.29, 0.717) is 16.3 Å². The Balaban J connectivity index is 1.48. The highest BCUT2D eigenvalue weighted by atomic mass is 35.5. The fraction of sp³-hybridized carbons (Fsp3) is 0.111. The van der Waals surface area contributed by atoms with Crippen LogP contribution in [0.15, 0.2) is 48.0 Å². The number of thiazole rings is 1. The number of carbonyl (C=O) groups is 1. The molecule has 1 aromatic heterocycles. The van der Waals surface area contributed by atoms with Crippen molar-refractivity contribution in [2.75, 3.05) is 6.61 Å². The minimum Gasteiger partial charge on any atom is -0.488 e. The van der Waals surface area contributed by atoms with Gasteiger partial charge in [-0.3, -0.25) is 0 Å². The third-order valence-electron chi connectivity index (χ3n) is 3.61. The molecule has 0 radical (unpaired) electrons. The van der Waals surface area contributed by atoms with Crippen molar-refractivity contribution in [1.82, 2.24) is 4.98 Å².